The number of aliphatic carboxylic acids is 1. The second kappa shape index (κ2) is 8.71. The Morgan fingerprint density at radius 2 is 2.16 bits per heavy atom. The summed E-state index contributed by atoms with van der Waals surface area (Å²) in [6.45, 7) is 2.53. The van der Waals surface area contributed by atoms with Crippen molar-refractivity contribution >= 4 is 51.7 Å². The number of anilines is 1. The van der Waals surface area contributed by atoms with Crippen molar-refractivity contribution in [2.75, 3.05) is 45.3 Å². The Labute approximate surface area is 192 Å². The molecule has 2 saturated heterocycles. The lowest BCUT2D eigenvalue weighted by Gasteiger charge is -2.51. The van der Waals surface area contributed by atoms with Crippen LogP contribution < -0.4 is 16.2 Å². The van der Waals surface area contributed by atoms with Crippen molar-refractivity contribution in [3.05, 3.63) is 22.3 Å². The molecule has 11 nitrogen and oxygen atoms in total. The Hall–Kier alpha value is -2.64. The van der Waals surface area contributed by atoms with Gasteiger partial charge in [-0.15, -0.1) is 23.1 Å². The monoisotopic (exact) mass is 480 g/mol. The number of carboxylic acids is 1. The molecular weight excluding hydrogens is 456 g/mol. The van der Waals surface area contributed by atoms with Crippen LogP contribution in [0.15, 0.2) is 21.8 Å². The standard InChI is InChI=1S/C19H24N6O5S2/c1-25(5-3-4-6-25)7-10-8-31-17-13(16(27)24(17)14(10)18(28)29)22-15(26)12(23-30-2)11-9-32-19(20)21-11/h9,13,17H,3-8H2,1-2H3,(H3-,20,21,22,26,28,29)/b23-12+/t13-,17-/m0/s1. The second-order valence-electron chi connectivity index (χ2n) is 8.23. The van der Waals surface area contributed by atoms with Crippen LogP contribution in [0.4, 0.5) is 5.13 Å². The zero-order valence-corrected chi connectivity index (χ0v) is 19.3. The fourth-order valence-corrected chi connectivity index (χ4v) is 6.30. The van der Waals surface area contributed by atoms with Crippen LogP contribution in [-0.2, 0) is 19.2 Å². The predicted molar refractivity (Wildman–Crippen MR) is 117 cm³/mol. The van der Waals surface area contributed by atoms with Gasteiger partial charge in [0.1, 0.15) is 30.8 Å². The number of rotatable bonds is 7. The van der Waals surface area contributed by atoms with Crippen LogP contribution in [0.5, 0.6) is 0 Å². The van der Waals surface area contributed by atoms with Gasteiger partial charge in [0, 0.05) is 29.5 Å². The summed E-state index contributed by atoms with van der Waals surface area (Å²) in [5.41, 5.74) is 6.39. The van der Waals surface area contributed by atoms with Crippen molar-refractivity contribution in [1.82, 2.24) is 15.2 Å². The number of carbonyl (C=O) groups excluding carboxylic acids is 3. The highest BCUT2D eigenvalue weighted by Gasteiger charge is 2.53. The van der Waals surface area contributed by atoms with Gasteiger partial charge in [-0.2, -0.15) is 0 Å². The van der Waals surface area contributed by atoms with Crippen LogP contribution in [0.25, 0.3) is 0 Å². The number of carbonyl (C=O) groups is 3. The number of aromatic nitrogens is 1. The molecule has 0 aromatic carbocycles. The van der Waals surface area contributed by atoms with Crippen LogP contribution in [0.2, 0.25) is 0 Å². The van der Waals surface area contributed by atoms with Crippen LogP contribution in [0.1, 0.15) is 18.5 Å². The van der Waals surface area contributed by atoms with E-state index in [0.29, 0.717) is 17.9 Å². The molecule has 172 valence electrons. The molecule has 4 rings (SSSR count). The van der Waals surface area contributed by atoms with Crippen molar-refractivity contribution in [3.8, 4) is 0 Å². The number of thiazole rings is 1. The molecule has 3 N–H and O–H groups in total. The molecule has 4 heterocycles. The Morgan fingerprint density at radius 3 is 2.75 bits per heavy atom. The normalized spacial score (nSPS) is 24.8. The van der Waals surface area contributed by atoms with Crippen molar-refractivity contribution in [1.29, 1.82) is 0 Å². The van der Waals surface area contributed by atoms with Gasteiger partial charge in [0.25, 0.3) is 11.8 Å². The van der Waals surface area contributed by atoms with E-state index in [0.717, 1.165) is 41.8 Å². The molecule has 0 saturated carbocycles. The topological polar surface area (TPSA) is 150 Å². The van der Waals surface area contributed by atoms with E-state index in [1.165, 1.54) is 23.8 Å². The molecule has 3 aliphatic rings. The number of nitrogens with zero attached hydrogens (tertiary/aromatic N) is 4. The molecule has 0 aliphatic carbocycles. The average Bonchev–Trinajstić information content (AvgIpc) is 3.37. The number of quaternary nitrogens is 1. The fourth-order valence-electron chi connectivity index (χ4n) is 4.41. The van der Waals surface area contributed by atoms with E-state index < -0.39 is 29.2 Å². The number of nitrogens with two attached hydrogens (primary N) is 1. The lowest BCUT2D eigenvalue weighted by Crippen LogP contribution is -2.71. The number of hydrogen-bond acceptors (Lipinski definition) is 10. The molecule has 32 heavy (non-hydrogen) atoms. The maximum Gasteiger partial charge on any atom is 0.276 e. The van der Waals surface area contributed by atoms with Crippen molar-refractivity contribution in [3.63, 3.8) is 0 Å². The molecule has 2 fully saturated rings. The van der Waals surface area contributed by atoms with E-state index in [-0.39, 0.29) is 22.2 Å². The number of carboxylic acid groups (broad SMARTS) is 1. The molecule has 13 heteroatoms. The van der Waals surface area contributed by atoms with E-state index in [1.807, 2.05) is 0 Å². The molecule has 2 amide bonds. The maximum absolute atomic E-state index is 12.9. The predicted octanol–water partition coefficient (Wildman–Crippen LogP) is -1.28. The summed E-state index contributed by atoms with van der Waals surface area (Å²) >= 11 is 2.57. The van der Waals surface area contributed by atoms with E-state index >= 15 is 0 Å². The summed E-state index contributed by atoms with van der Waals surface area (Å²) in [5.74, 6) is -2.06. The highest BCUT2D eigenvalue weighted by Crippen LogP contribution is 2.41. The number of nitrogens with one attached hydrogen (secondary N) is 1. The van der Waals surface area contributed by atoms with Crippen molar-refractivity contribution < 1.29 is 28.8 Å². The Balaban J connectivity index is 1.52. The van der Waals surface area contributed by atoms with Crippen LogP contribution in [0.3, 0.4) is 0 Å². The largest absolute Gasteiger partial charge is 0.543 e. The van der Waals surface area contributed by atoms with Gasteiger partial charge in [0.05, 0.1) is 31.8 Å². The smallest absolute Gasteiger partial charge is 0.276 e. The summed E-state index contributed by atoms with van der Waals surface area (Å²) in [4.78, 5) is 47.7. The SMILES string of the molecule is CO/N=C(/C(=O)N[C@H]1C(=O)N2C(C(=O)[O-])=C(C[N+]3(C)CCCC3)CS[C@@H]12)c1csc(N)n1. The van der Waals surface area contributed by atoms with Gasteiger partial charge in [0.2, 0.25) is 0 Å². The average molecular weight is 481 g/mol. The first-order valence-electron chi connectivity index (χ1n) is 10.1. The number of β-lactam (4-membered cyclic amide) rings is 1. The van der Waals surface area contributed by atoms with E-state index in [9.17, 15) is 19.5 Å². The number of thioether (sulfide) groups is 1. The Morgan fingerprint density at radius 1 is 1.44 bits per heavy atom. The number of fused-ring (bicyclic) bond motifs is 1. The Kier molecular flexibility index (Phi) is 6.14. The minimum Gasteiger partial charge on any atom is -0.543 e. The number of nitrogen functional groups attached to an aromatic ring is 1. The minimum atomic E-state index is -1.37. The zero-order valence-electron chi connectivity index (χ0n) is 17.7. The lowest BCUT2D eigenvalue weighted by molar-refractivity contribution is -0.893. The summed E-state index contributed by atoms with van der Waals surface area (Å²) < 4.78 is 0.757. The summed E-state index contributed by atoms with van der Waals surface area (Å²) in [6, 6.07) is -0.891. The number of amides is 2. The van der Waals surface area contributed by atoms with Gasteiger partial charge in [-0.3, -0.25) is 14.5 Å². The number of oxime groups is 1. The molecule has 0 spiro atoms. The van der Waals surface area contributed by atoms with Crippen LogP contribution in [0, 0.1) is 0 Å². The third-order valence-corrected chi connectivity index (χ3v) is 7.92. The van der Waals surface area contributed by atoms with Gasteiger partial charge < -0.3 is 30.3 Å². The summed E-state index contributed by atoms with van der Waals surface area (Å²) in [7, 11) is 3.39. The highest BCUT2D eigenvalue weighted by atomic mass is 32.2. The van der Waals surface area contributed by atoms with Gasteiger partial charge >= 0.3 is 0 Å². The van der Waals surface area contributed by atoms with Gasteiger partial charge in [-0.25, -0.2) is 4.98 Å². The fraction of sp³-hybridized carbons (Fsp3) is 0.526. The molecule has 0 bridgehead atoms. The quantitative estimate of drug-likeness (QED) is 0.212. The third kappa shape index (κ3) is 4.07. The zero-order chi connectivity index (χ0) is 23.0. The van der Waals surface area contributed by atoms with Crippen LogP contribution in [-0.4, -0.2) is 88.8 Å². The molecule has 0 unspecified atom stereocenters. The molecule has 1 aromatic heterocycles. The first-order valence-corrected chi connectivity index (χ1v) is 12.0. The Bertz CT molecular complexity index is 1020. The first-order chi connectivity index (χ1) is 15.2. The number of likely N-dealkylation sites (N-methyl/N-ethyl adjacent to an activating group) is 1. The lowest BCUT2D eigenvalue weighted by atomic mass is 10.0. The molecule has 1 aromatic rings. The third-order valence-electron chi connectivity index (χ3n) is 5.91. The summed E-state index contributed by atoms with van der Waals surface area (Å²) in [5, 5.41) is 19.6. The van der Waals surface area contributed by atoms with Gasteiger partial charge in [-0.1, -0.05) is 5.16 Å². The van der Waals surface area contributed by atoms with E-state index in [2.05, 4.69) is 22.5 Å². The van der Waals surface area contributed by atoms with Gasteiger partial charge in [0.15, 0.2) is 10.8 Å². The molecule has 2 atom stereocenters. The minimum absolute atomic E-state index is 0.0615. The van der Waals surface area contributed by atoms with Crippen molar-refractivity contribution in [2.24, 2.45) is 5.16 Å². The molecule has 0 radical (unpaired) electrons. The molecular formula is C19H24N6O5S2. The maximum atomic E-state index is 12.9. The van der Waals surface area contributed by atoms with Gasteiger partial charge in [-0.05, 0) is 0 Å². The first kappa shape index (κ1) is 22.6. The molecule has 3 aliphatic heterocycles. The second-order valence-corrected chi connectivity index (χ2v) is 10.2. The number of hydrogen-bond donors (Lipinski definition) is 2. The van der Waals surface area contributed by atoms with Crippen LogP contribution >= 0.6 is 23.1 Å². The van der Waals surface area contributed by atoms with Crippen molar-refractivity contribution in [2.45, 2.75) is 24.3 Å². The highest BCUT2D eigenvalue weighted by molar-refractivity contribution is 8.00. The number of likely N-dealkylation sites (tertiary alicyclic amines) is 1. The van der Waals surface area contributed by atoms with E-state index in [4.69, 9.17) is 10.6 Å². The summed E-state index contributed by atoms with van der Waals surface area (Å²) in [6.07, 6.45) is 2.21. The van der Waals surface area contributed by atoms with E-state index in [1.54, 1.807) is 5.38 Å².